The van der Waals surface area contributed by atoms with Crippen molar-refractivity contribution in [1.29, 1.82) is 0 Å². The van der Waals surface area contributed by atoms with E-state index < -0.39 is 0 Å². The summed E-state index contributed by atoms with van der Waals surface area (Å²) in [6.45, 7) is 6.73. The fraction of sp³-hybridized carbons (Fsp3) is 0.500. The summed E-state index contributed by atoms with van der Waals surface area (Å²) in [5.41, 5.74) is 1.83. The van der Waals surface area contributed by atoms with Crippen molar-refractivity contribution >= 4 is 5.78 Å². The fourth-order valence-corrected chi connectivity index (χ4v) is 1.56. The predicted molar refractivity (Wildman–Crippen MR) is 66.2 cm³/mol. The molecule has 0 aliphatic carbocycles. The predicted octanol–water partition coefficient (Wildman–Crippen LogP) is 3.77. The molecule has 0 spiro atoms. The number of rotatable bonds is 6. The van der Waals surface area contributed by atoms with Crippen molar-refractivity contribution < 1.29 is 9.53 Å². The van der Waals surface area contributed by atoms with Gasteiger partial charge in [0.25, 0.3) is 0 Å². The van der Waals surface area contributed by atoms with Crippen LogP contribution in [0.4, 0.5) is 0 Å². The first-order chi connectivity index (χ1) is 7.69. The zero-order chi connectivity index (χ0) is 12.0. The molecule has 1 aromatic rings. The van der Waals surface area contributed by atoms with Crippen molar-refractivity contribution in [2.75, 3.05) is 6.61 Å². The molecule has 0 N–H and O–H groups in total. The lowest BCUT2D eigenvalue weighted by Crippen LogP contribution is -2.05. The smallest absolute Gasteiger partial charge is 0.166 e. The molecule has 1 aromatic carbocycles. The molecule has 2 heteroatoms. The Kier molecular flexibility index (Phi) is 5.03. The minimum Gasteiger partial charge on any atom is -0.493 e. The number of carbonyl (C=O) groups excluding carboxylic acids is 1. The molecule has 0 aromatic heterocycles. The first-order valence-corrected chi connectivity index (χ1v) is 5.95. The first kappa shape index (κ1) is 12.8. The van der Waals surface area contributed by atoms with E-state index in [1.165, 1.54) is 0 Å². The maximum absolute atomic E-state index is 11.9. The zero-order valence-electron chi connectivity index (χ0n) is 10.4. The van der Waals surface area contributed by atoms with Crippen molar-refractivity contribution in [2.24, 2.45) is 0 Å². The van der Waals surface area contributed by atoms with Gasteiger partial charge in [0.05, 0.1) is 12.2 Å². The van der Waals surface area contributed by atoms with Crippen molar-refractivity contribution in [2.45, 2.75) is 40.0 Å². The molecule has 2 nitrogen and oxygen atoms in total. The van der Waals surface area contributed by atoms with Crippen LogP contribution in [0.1, 0.15) is 49.0 Å². The van der Waals surface area contributed by atoms with E-state index in [0.717, 1.165) is 29.7 Å². The summed E-state index contributed by atoms with van der Waals surface area (Å²) in [6.07, 6.45) is 2.42. The van der Waals surface area contributed by atoms with Crippen LogP contribution in [0, 0.1) is 6.92 Å². The van der Waals surface area contributed by atoms with E-state index in [-0.39, 0.29) is 5.78 Å². The zero-order valence-corrected chi connectivity index (χ0v) is 10.4. The van der Waals surface area contributed by atoms with Crippen LogP contribution < -0.4 is 4.74 Å². The van der Waals surface area contributed by atoms with Crippen molar-refractivity contribution in [3.63, 3.8) is 0 Å². The van der Waals surface area contributed by atoms with Gasteiger partial charge in [-0.3, -0.25) is 4.79 Å². The number of benzene rings is 1. The number of Topliss-reactive ketones (excluding diaryl/α,β-unsaturated/α-hetero) is 1. The maximum atomic E-state index is 11.9. The molecular formula is C14H20O2. The molecule has 1 rings (SSSR count). The van der Waals surface area contributed by atoms with Gasteiger partial charge >= 0.3 is 0 Å². The lowest BCUT2D eigenvalue weighted by atomic mass is 10.0. The highest BCUT2D eigenvalue weighted by atomic mass is 16.5. The summed E-state index contributed by atoms with van der Waals surface area (Å²) in [5.74, 6) is 0.906. The monoisotopic (exact) mass is 220 g/mol. The highest BCUT2D eigenvalue weighted by Crippen LogP contribution is 2.22. The van der Waals surface area contributed by atoms with Crippen molar-refractivity contribution in [3.8, 4) is 5.75 Å². The Balaban J connectivity index is 2.93. The second-order valence-electron chi connectivity index (χ2n) is 4.02. The van der Waals surface area contributed by atoms with E-state index >= 15 is 0 Å². The van der Waals surface area contributed by atoms with Crippen LogP contribution in [0.5, 0.6) is 5.75 Å². The van der Waals surface area contributed by atoms with Gasteiger partial charge in [-0.1, -0.05) is 25.5 Å². The average molecular weight is 220 g/mol. The standard InChI is InChI=1S/C14H20O2/c1-4-6-13(15)12-10-11(3)7-8-14(12)16-9-5-2/h7-8,10H,4-6,9H2,1-3H3. The van der Waals surface area contributed by atoms with Crippen LogP contribution in [-0.4, -0.2) is 12.4 Å². The number of aryl methyl sites for hydroxylation is 1. The van der Waals surface area contributed by atoms with Crippen molar-refractivity contribution in [1.82, 2.24) is 0 Å². The maximum Gasteiger partial charge on any atom is 0.166 e. The third-order valence-electron chi connectivity index (χ3n) is 2.37. The number of ketones is 1. The van der Waals surface area contributed by atoms with Crippen LogP contribution in [0.2, 0.25) is 0 Å². The van der Waals surface area contributed by atoms with Crippen molar-refractivity contribution in [3.05, 3.63) is 29.3 Å². The van der Waals surface area contributed by atoms with Gasteiger partial charge in [-0.15, -0.1) is 0 Å². The highest BCUT2D eigenvalue weighted by Gasteiger charge is 2.11. The third kappa shape index (κ3) is 3.37. The van der Waals surface area contributed by atoms with Crippen LogP contribution >= 0.6 is 0 Å². The summed E-state index contributed by atoms with van der Waals surface area (Å²) in [5, 5.41) is 0. The summed E-state index contributed by atoms with van der Waals surface area (Å²) in [7, 11) is 0. The van der Waals surface area contributed by atoms with Gasteiger partial charge in [-0.2, -0.15) is 0 Å². The van der Waals surface area contributed by atoms with Gasteiger partial charge in [0.15, 0.2) is 5.78 Å². The van der Waals surface area contributed by atoms with Gasteiger partial charge in [-0.05, 0) is 31.9 Å². The average Bonchev–Trinajstić information content (AvgIpc) is 2.27. The molecule has 0 bridgehead atoms. The molecule has 0 amide bonds. The van der Waals surface area contributed by atoms with Crippen LogP contribution in [0.15, 0.2) is 18.2 Å². The van der Waals surface area contributed by atoms with Gasteiger partial charge in [0.2, 0.25) is 0 Å². The van der Waals surface area contributed by atoms with E-state index in [1.54, 1.807) is 0 Å². The first-order valence-electron chi connectivity index (χ1n) is 5.95. The molecule has 0 fully saturated rings. The summed E-state index contributed by atoms with van der Waals surface area (Å²) in [4.78, 5) is 11.9. The molecule has 16 heavy (non-hydrogen) atoms. The molecule has 0 saturated carbocycles. The topological polar surface area (TPSA) is 26.3 Å². The molecular weight excluding hydrogens is 200 g/mol. The van der Waals surface area contributed by atoms with Crippen LogP contribution in [0.25, 0.3) is 0 Å². The number of hydrogen-bond acceptors (Lipinski definition) is 2. The number of ether oxygens (including phenoxy) is 1. The van der Waals surface area contributed by atoms with E-state index in [4.69, 9.17) is 4.74 Å². The van der Waals surface area contributed by atoms with E-state index in [9.17, 15) is 4.79 Å². The Hall–Kier alpha value is -1.31. The SMILES string of the molecule is CCCOc1ccc(C)cc1C(=O)CCC. The van der Waals surface area contributed by atoms with Gasteiger partial charge in [-0.25, -0.2) is 0 Å². The second kappa shape index (κ2) is 6.31. The lowest BCUT2D eigenvalue weighted by molar-refractivity contribution is 0.0977. The normalized spacial score (nSPS) is 10.2. The van der Waals surface area contributed by atoms with E-state index in [0.29, 0.717) is 13.0 Å². The Bertz CT molecular complexity index is 356. The molecule has 0 unspecified atom stereocenters. The van der Waals surface area contributed by atoms with Crippen LogP contribution in [0.3, 0.4) is 0 Å². The molecule has 0 aliphatic rings. The second-order valence-corrected chi connectivity index (χ2v) is 4.02. The van der Waals surface area contributed by atoms with E-state index in [1.807, 2.05) is 32.0 Å². The lowest BCUT2D eigenvalue weighted by Gasteiger charge is -2.10. The van der Waals surface area contributed by atoms with Crippen LogP contribution in [-0.2, 0) is 0 Å². The summed E-state index contributed by atoms with van der Waals surface area (Å²) < 4.78 is 5.59. The fourth-order valence-electron chi connectivity index (χ4n) is 1.56. The van der Waals surface area contributed by atoms with Gasteiger partial charge in [0, 0.05) is 6.42 Å². The summed E-state index contributed by atoms with van der Waals surface area (Å²) >= 11 is 0. The summed E-state index contributed by atoms with van der Waals surface area (Å²) in [6, 6.07) is 5.80. The van der Waals surface area contributed by atoms with E-state index in [2.05, 4.69) is 6.92 Å². The Morgan fingerprint density at radius 1 is 1.25 bits per heavy atom. The molecule has 0 radical (unpaired) electrons. The molecule has 0 atom stereocenters. The van der Waals surface area contributed by atoms with Gasteiger partial charge in [0.1, 0.15) is 5.75 Å². The molecule has 0 aliphatic heterocycles. The molecule has 0 saturated heterocycles. The Morgan fingerprint density at radius 2 is 2.00 bits per heavy atom. The number of hydrogen-bond donors (Lipinski definition) is 0. The quantitative estimate of drug-likeness (QED) is 0.682. The molecule has 88 valence electrons. The largest absolute Gasteiger partial charge is 0.493 e. The minimum atomic E-state index is 0.178. The highest BCUT2D eigenvalue weighted by molar-refractivity contribution is 5.98. The molecule has 0 heterocycles. The van der Waals surface area contributed by atoms with Gasteiger partial charge < -0.3 is 4.74 Å². The Labute approximate surface area is 97.6 Å². The minimum absolute atomic E-state index is 0.178. The Morgan fingerprint density at radius 3 is 2.62 bits per heavy atom. The number of carbonyl (C=O) groups is 1. The third-order valence-corrected chi connectivity index (χ3v) is 2.37.